The fraction of sp³-hybridized carbons (Fsp3) is 0.409. The van der Waals surface area contributed by atoms with Gasteiger partial charge in [-0.1, -0.05) is 26.0 Å². The Morgan fingerprint density at radius 1 is 1.07 bits per heavy atom. The van der Waals surface area contributed by atoms with Crippen LogP contribution in [0.3, 0.4) is 0 Å². The largest absolute Gasteiger partial charge is 0.457 e. The van der Waals surface area contributed by atoms with Crippen LogP contribution in [-0.2, 0) is 11.3 Å². The number of hydrogen-bond donors (Lipinski definition) is 1. The summed E-state index contributed by atoms with van der Waals surface area (Å²) >= 11 is 0. The minimum atomic E-state index is -0.669. The summed E-state index contributed by atoms with van der Waals surface area (Å²) < 4.78 is 32.0. The number of halogens is 2. The summed E-state index contributed by atoms with van der Waals surface area (Å²) in [6, 6.07) is 10.9. The molecule has 0 radical (unpaired) electrons. The molecule has 4 nitrogen and oxygen atoms in total. The molecule has 3 rings (SSSR count). The van der Waals surface area contributed by atoms with Crippen LogP contribution in [0.4, 0.5) is 8.78 Å². The summed E-state index contributed by atoms with van der Waals surface area (Å²) in [6.45, 7) is 6.19. The molecule has 1 fully saturated rings. The van der Waals surface area contributed by atoms with Crippen LogP contribution in [-0.4, -0.2) is 29.9 Å². The Morgan fingerprint density at radius 2 is 1.68 bits per heavy atom. The van der Waals surface area contributed by atoms with Gasteiger partial charge in [0.2, 0.25) is 5.91 Å². The number of amides is 1. The Bertz CT molecular complexity index is 780. The second-order valence-corrected chi connectivity index (χ2v) is 7.49. The number of nitrogens with one attached hydrogen (secondary N) is 1. The number of hydrogen-bond acceptors (Lipinski definition) is 3. The zero-order valence-corrected chi connectivity index (χ0v) is 16.3. The van der Waals surface area contributed by atoms with Gasteiger partial charge in [-0.2, -0.15) is 0 Å². The molecule has 0 bridgehead atoms. The van der Waals surface area contributed by atoms with Crippen molar-refractivity contribution in [1.29, 1.82) is 0 Å². The van der Waals surface area contributed by atoms with Gasteiger partial charge in [-0.3, -0.25) is 4.79 Å². The highest BCUT2D eigenvalue weighted by Crippen LogP contribution is 2.23. The van der Waals surface area contributed by atoms with Crippen molar-refractivity contribution in [3.8, 4) is 11.5 Å². The molecule has 1 aliphatic rings. The lowest BCUT2D eigenvalue weighted by Crippen LogP contribution is -2.45. The maximum Gasteiger partial charge on any atom is 0.225 e. The molecule has 1 saturated heterocycles. The van der Waals surface area contributed by atoms with E-state index in [2.05, 4.69) is 5.32 Å². The van der Waals surface area contributed by atoms with Gasteiger partial charge in [0.05, 0.1) is 0 Å². The van der Waals surface area contributed by atoms with E-state index < -0.39 is 11.6 Å². The van der Waals surface area contributed by atoms with E-state index in [1.165, 1.54) is 0 Å². The zero-order valence-electron chi connectivity index (χ0n) is 16.3. The van der Waals surface area contributed by atoms with Crippen LogP contribution in [0, 0.1) is 17.6 Å². The summed E-state index contributed by atoms with van der Waals surface area (Å²) in [5, 5.41) is 3.53. The molecule has 0 aliphatic carbocycles. The van der Waals surface area contributed by atoms with Crippen LogP contribution in [0.25, 0.3) is 0 Å². The third-order valence-electron chi connectivity index (χ3n) is 4.89. The molecular weight excluding hydrogens is 362 g/mol. The van der Waals surface area contributed by atoms with Gasteiger partial charge in [-0.05, 0) is 30.5 Å². The monoisotopic (exact) mass is 388 g/mol. The maximum absolute atomic E-state index is 13.2. The zero-order chi connectivity index (χ0) is 20.1. The smallest absolute Gasteiger partial charge is 0.225 e. The maximum atomic E-state index is 13.2. The van der Waals surface area contributed by atoms with Gasteiger partial charge >= 0.3 is 0 Å². The molecule has 0 atom stereocenters. The van der Waals surface area contributed by atoms with Crippen molar-refractivity contribution in [2.45, 2.75) is 39.3 Å². The lowest BCUT2D eigenvalue weighted by molar-refractivity contribution is -0.135. The quantitative estimate of drug-likeness (QED) is 0.793. The first-order chi connectivity index (χ1) is 13.4. The average molecular weight is 388 g/mol. The number of ether oxygens (including phenoxy) is 1. The summed E-state index contributed by atoms with van der Waals surface area (Å²) in [5.41, 5.74) is 1.10. The lowest BCUT2D eigenvalue weighted by atomic mass is 10.0. The summed E-state index contributed by atoms with van der Waals surface area (Å²) in [6.07, 6.45) is 1.90. The van der Waals surface area contributed by atoms with E-state index in [0.717, 1.165) is 56.2 Å². The van der Waals surface area contributed by atoms with Crippen molar-refractivity contribution in [3.63, 3.8) is 0 Å². The van der Waals surface area contributed by atoms with Crippen molar-refractivity contribution in [2.75, 3.05) is 13.1 Å². The van der Waals surface area contributed by atoms with Crippen LogP contribution < -0.4 is 10.1 Å². The fourth-order valence-corrected chi connectivity index (χ4v) is 3.33. The second-order valence-electron chi connectivity index (χ2n) is 7.49. The number of nitrogens with zero attached hydrogens (tertiary/aromatic N) is 1. The van der Waals surface area contributed by atoms with Crippen LogP contribution in [0.1, 0.15) is 32.3 Å². The van der Waals surface area contributed by atoms with E-state index in [1.807, 2.05) is 30.9 Å². The molecule has 1 N–H and O–H groups in total. The van der Waals surface area contributed by atoms with Crippen LogP contribution in [0.5, 0.6) is 11.5 Å². The molecule has 150 valence electrons. The van der Waals surface area contributed by atoms with Gasteiger partial charge in [-0.15, -0.1) is 0 Å². The van der Waals surface area contributed by atoms with Gasteiger partial charge in [0.1, 0.15) is 23.1 Å². The normalized spacial score (nSPS) is 15.1. The van der Waals surface area contributed by atoms with Crippen molar-refractivity contribution in [1.82, 2.24) is 10.2 Å². The molecule has 6 heteroatoms. The number of benzene rings is 2. The molecule has 0 aromatic heterocycles. The highest BCUT2D eigenvalue weighted by Gasteiger charge is 2.23. The molecule has 2 aromatic rings. The standard InChI is InChI=1S/C22H26F2N2O2/c1-15(2)22(27)26-9-7-19(8-10-26)25-14-16-3-5-20(6-4-16)28-21-12-17(23)11-18(24)13-21/h3-6,11-13,15,19,25H,7-10,14H2,1-2H3. The SMILES string of the molecule is CC(C)C(=O)N1CCC(NCc2ccc(Oc3cc(F)cc(F)c3)cc2)CC1. The average Bonchev–Trinajstić information content (AvgIpc) is 2.66. The van der Waals surface area contributed by atoms with E-state index in [9.17, 15) is 13.6 Å². The molecule has 0 spiro atoms. The Labute approximate surface area is 164 Å². The third-order valence-corrected chi connectivity index (χ3v) is 4.89. The van der Waals surface area contributed by atoms with E-state index in [0.29, 0.717) is 11.8 Å². The molecule has 1 amide bonds. The summed E-state index contributed by atoms with van der Waals surface area (Å²) in [7, 11) is 0. The molecular formula is C22H26F2N2O2. The van der Waals surface area contributed by atoms with Crippen LogP contribution in [0.15, 0.2) is 42.5 Å². The fourth-order valence-electron chi connectivity index (χ4n) is 3.33. The first kappa shape index (κ1) is 20.3. The molecule has 2 aromatic carbocycles. The number of rotatable bonds is 6. The third kappa shape index (κ3) is 5.52. The van der Waals surface area contributed by atoms with E-state index >= 15 is 0 Å². The van der Waals surface area contributed by atoms with Gasteiger partial charge in [0.15, 0.2) is 0 Å². The van der Waals surface area contributed by atoms with Gasteiger partial charge in [-0.25, -0.2) is 8.78 Å². The molecule has 1 heterocycles. The molecule has 1 aliphatic heterocycles. The minimum Gasteiger partial charge on any atom is -0.457 e. The van der Waals surface area contributed by atoms with E-state index in [4.69, 9.17) is 4.74 Å². The highest BCUT2D eigenvalue weighted by atomic mass is 19.1. The van der Waals surface area contributed by atoms with Crippen LogP contribution >= 0.6 is 0 Å². The van der Waals surface area contributed by atoms with E-state index in [1.54, 1.807) is 12.1 Å². The number of carbonyl (C=O) groups excluding carboxylic acids is 1. The minimum absolute atomic E-state index is 0.0501. The van der Waals surface area contributed by atoms with Crippen molar-refractivity contribution < 1.29 is 18.3 Å². The Morgan fingerprint density at radius 3 is 2.25 bits per heavy atom. The topological polar surface area (TPSA) is 41.6 Å². The Hall–Kier alpha value is -2.47. The highest BCUT2D eigenvalue weighted by molar-refractivity contribution is 5.78. The number of piperidine rings is 1. The summed E-state index contributed by atoms with van der Waals surface area (Å²) in [5.74, 6) is -0.407. The first-order valence-electron chi connectivity index (χ1n) is 9.66. The molecule has 0 saturated carbocycles. The first-order valence-corrected chi connectivity index (χ1v) is 9.66. The molecule has 0 unspecified atom stereocenters. The van der Waals surface area contributed by atoms with Crippen molar-refractivity contribution in [3.05, 3.63) is 59.7 Å². The van der Waals surface area contributed by atoms with E-state index in [-0.39, 0.29) is 17.6 Å². The van der Waals surface area contributed by atoms with Crippen molar-refractivity contribution >= 4 is 5.91 Å². The van der Waals surface area contributed by atoms with Gasteiger partial charge in [0.25, 0.3) is 0 Å². The lowest BCUT2D eigenvalue weighted by Gasteiger charge is -2.33. The van der Waals surface area contributed by atoms with Crippen LogP contribution in [0.2, 0.25) is 0 Å². The van der Waals surface area contributed by atoms with Crippen molar-refractivity contribution in [2.24, 2.45) is 5.92 Å². The van der Waals surface area contributed by atoms with Gasteiger partial charge in [0, 0.05) is 49.8 Å². The Kier molecular flexibility index (Phi) is 6.62. The Balaban J connectivity index is 1.47. The number of likely N-dealkylation sites (tertiary alicyclic amines) is 1. The predicted octanol–water partition coefficient (Wildman–Crippen LogP) is 4.49. The molecule has 28 heavy (non-hydrogen) atoms. The summed E-state index contributed by atoms with van der Waals surface area (Å²) in [4.78, 5) is 14.0. The van der Waals surface area contributed by atoms with Gasteiger partial charge < -0.3 is 15.0 Å². The predicted molar refractivity (Wildman–Crippen MR) is 104 cm³/mol. The second kappa shape index (κ2) is 9.15. The number of carbonyl (C=O) groups is 1.